The van der Waals surface area contributed by atoms with Gasteiger partial charge in [-0.05, 0) is 25.0 Å². The molecule has 98 valence electrons. The van der Waals surface area contributed by atoms with E-state index >= 15 is 0 Å². The zero-order valence-electron chi connectivity index (χ0n) is 9.42. The predicted molar refractivity (Wildman–Crippen MR) is 58.0 cm³/mol. The van der Waals surface area contributed by atoms with Crippen molar-refractivity contribution in [2.75, 3.05) is 6.61 Å². The number of carbonyl (C=O) groups excluding carboxylic acids is 1. The van der Waals surface area contributed by atoms with Crippen LogP contribution in [-0.2, 0) is 6.18 Å². The molecular formula is C12H12F3NO2. The summed E-state index contributed by atoms with van der Waals surface area (Å²) in [5, 5.41) is 11.5. The van der Waals surface area contributed by atoms with Gasteiger partial charge in [0.15, 0.2) is 0 Å². The Morgan fingerprint density at radius 2 is 1.94 bits per heavy atom. The highest BCUT2D eigenvalue weighted by Crippen LogP contribution is 2.36. The Morgan fingerprint density at radius 3 is 2.44 bits per heavy atom. The van der Waals surface area contributed by atoms with E-state index in [1.807, 2.05) is 0 Å². The third-order valence-corrected chi connectivity index (χ3v) is 3.01. The first-order chi connectivity index (χ1) is 8.38. The molecular weight excluding hydrogens is 247 g/mol. The molecule has 0 aliphatic heterocycles. The molecule has 0 bridgehead atoms. The van der Waals surface area contributed by atoms with Crippen LogP contribution in [0, 0.1) is 0 Å². The number of hydrogen-bond acceptors (Lipinski definition) is 2. The number of nitrogens with one attached hydrogen (secondary N) is 1. The molecule has 3 nitrogen and oxygen atoms in total. The second-order valence-electron chi connectivity index (χ2n) is 4.44. The van der Waals surface area contributed by atoms with Gasteiger partial charge >= 0.3 is 6.18 Å². The highest BCUT2D eigenvalue weighted by Gasteiger charge is 2.44. The minimum atomic E-state index is -4.57. The molecule has 0 heterocycles. The highest BCUT2D eigenvalue weighted by molar-refractivity contribution is 5.96. The number of benzene rings is 1. The Balaban J connectivity index is 2.25. The van der Waals surface area contributed by atoms with Crippen molar-refractivity contribution in [1.29, 1.82) is 0 Å². The summed E-state index contributed by atoms with van der Waals surface area (Å²) >= 11 is 0. The first kappa shape index (κ1) is 12.9. The molecule has 0 aromatic heterocycles. The second-order valence-corrected chi connectivity index (χ2v) is 4.44. The van der Waals surface area contributed by atoms with Crippen LogP contribution in [-0.4, -0.2) is 23.2 Å². The van der Waals surface area contributed by atoms with Gasteiger partial charge in [0, 0.05) is 0 Å². The van der Waals surface area contributed by atoms with Crippen LogP contribution in [0.15, 0.2) is 24.3 Å². The standard InChI is InChI=1S/C12H12F3NO2/c13-12(14,15)9-4-2-1-3-8(9)10(18)16-11(7-17)5-6-11/h1-4,17H,5-7H2,(H,16,18). The average Bonchev–Trinajstić information content (AvgIpc) is 3.08. The molecule has 1 aliphatic carbocycles. The number of rotatable bonds is 3. The van der Waals surface area contributed by atoms with Crippen molar-refractivity contribution in [2.24, 2.45) is 0 Å². The molecule has 1 fully saturated rings. The van der Waals surface area contributed by atoms with Crippen LogP contribution in [0.4, 0.5) is 13.2 Å². The Bertz CT molecular complexity index is 467. The largest absolute Gasteiger partial charge is 0.417 e. The number of halogens is 3. The summed E-state index contributed by atoms with van der Waals surface area (Å²) in [7, 11) is 0. The molecule has 6 heteroatoms. The summed E-state index contributed by atoms with van der Waals surface area (Å²) in [6.45, 7) is -0.257. The maximum absolute atomic E-state index is 12.7. The van der Waals surface area contributed by atoms with Crippen molar-refractivity contribution < 1.29 is 23.1 Å². The quantitative estimate of drug-likeness (QED) is 0.871. The number of hydrogen-bond donors (Lipinski definition) is 2. The van der Waals surface area contributed by atoms with E-state index in [1.165, 1.54) is 12.1 Å². The average molecular weight is 259 g/mol. The first-order valence-electron chi connectivity index (χ1n) is 5.48. The molecule has 2 N–H and O–H groups in total. The lowest BCUT2D eigenvalue weighted by Gasteiger charge is -2.17. The van der Waals surface area contributed by atoms with E-state index < -0.39 is 28.7 Å². The van der Waals surface area contributed by atoms with Crippen LogP contribution in [0.5, 0.6) is 0 Å². The molecule has 0 spiro atoms. The third kappa shape index (κ3) is 2.48. The van der Waals surface area contributed by atoms with Crippen LogP contribution >= 0.6 is 0 Å². The fourth-order valence-electron chi connectivity index (χ4n) is 1.71. The van der Waals surface area contributed by atoms with Crippen LogP contribution < -0.4 is 5.32 Å². The molecule has 0 saturated heterocycles. The molecule has 1 aromatic rings. The summed E-state index contributed by atoms with van der Waals surface area (Å²) in [5.74, 6) is -0.797. The SMILES string of the molecule is O=C(NC1(CO)CC1)c1ccccc1C(F)(F)F. The molecule has 18 heavy (non-hydrogen) atoms. The molecule has 0 atom stereocenters. The van der Waals surface area contributed by atoms with Crippen LogP contribution in [0.1, 0.15) is 28.8 Å². The molecule has 1 aromatic carbocycles. The molecule has 0 radical (unpaired) electrons. The van der Waals surface area contributed by atoms with Gasteiger partial charge in [-0.3, -0.25) is 4.79 Å². The van der Waals surface area contributed by atoms with E-state index in [1.54, 1.807) is 0 Å². The van der Waals surface area contributed by atoms with Crippen molar-refractivity contribution in [3.8, 4) is 0 Å². The molecule has 2 rings (SSSR count). The van der Waals surface area contributed by atoms with E-state index in [0.29, 0.717) is 12.8 Å². The van der Waals surface area contributed by atoms with Gasteiger partial charge in [-0.2, -0.15) is 13.2 Å². The molecule has 0 unspecified atom stereocenters. The van der Waals surface area contributed by atoms with E-state index in [0.717, 1.165) is 12.1 Å². The Morgan fingerprint density at radius 1 is 1.33 bits per heavy atom. The molecule has 1 amide bonds. The Labute approximate surface area is 102 Å². The topological polar surface area (TPSA) is 49.3 Å². The van der Waals surface area contributed by atoms with Gasteiger partial charge < -0.3 is 10.4 Å². The predicted octanol–water partition coefficient (Wildman–Crippen LogP) is 1.96. The fraction of sp³-hybridized carbons (Fsp3) is 0.417. The number of alkyl halides is 3. The minimum absolute atomic E-state index is 0.257. The molecule has 1 saturated carbocycles. The van der Waals surface area contributed by atoms with Gasteiger partial charge in [0.05, 0.1) is 23.3 Å². The van der Waals surface area contributed by atoms with E-state index in [4.69, 9.17) is 5.11 Å². The Kier molecular flexibility index (Phi) is 3.06. The van der Waals surface area contributed by atoms with Gasteiger partial charge in [0.2, 0.25) is 0 Å². The smallest absolute Gasteiger partial charge is 0.394 e. The first-order valence-corrected chi connectivity index (χ1v) is 5.48. The van der Waals surface area contributed by atoms with Crippen molar-refractivity contribution >= 4 is 5.91 Å². The minimum Gasteiger partial charge on any atom is -0.394 e. The zero-order valence-corrected chi connectivity index (χ0v) is 9.42. The highest BCUT2D eigenvalue weighted by atomic mass is 19.4. The zero-order chi connectivity index (χ0) is 13.4. The lowest BCUT2D eigenvalue weighted by molar-refractivity contribution is -0.137. The summed E-state index contributed by atoms with van der Waals surface area (Å²) in [4.78, 5) is 11.8. The van der Waals surface area contributed by atoms with Gasteiger partial charge in [-0.15, -0.1) is 0 Å². The number of aliphatic hydroxyl groups excluding tert-OH is 1. The van der Waals surface area contributed by atoms with E-state index in [-0.39, 0.29) is 6.61 Å². The van der Waals surface area contributed by atoms with Gasteiger partial charge in [0.25, 0.3) is 5.91 Å². The fourth-order valence-corrected chi connectivity index (χ4v) is 1.71. The monoisotopic (exact) mass is 259 g/mol. The van der Waals surface area contributed by atoms with Gasteiger partial charge in [0.1, 0.15) is 0 Å². The van der Waals surface area contributed by atoms with Crippen LogP contribution in [0.2, 0.25) is 0 Å². The summed E-state index contributed by atoms with van der Waals surface area (Å²) in [6.07, 6.45) is -3.39. The van der Waals surface area contributed by atoms with Crippen molar-refractivity contribution in [2.45, 2.75) is 24.6 Å². The maximum Gasteiger partial charge on any atom is 0.417 e. The normalized spacial score (nSPS) is 17.3. The number of carbonyl (C=O) groups is 1. The third-order valence-electron chi connectivity index (χ3n) is 3.01. The summed E-state index contributed by atoms with van der Waals surface area (Å²) in [5.41, 5.74) is -2.10. The lowest BCUT2D eigenvalue weighted by atomic mass is 10.1. The summed E-state index contributed by atoms with van der Waals surface area (Å²) in [6, 6.07) is 4.61. The lowest BCUT2D eigenvalue weighted by Crippen LogP contribution is -2.40. The van der Waals surface area contributed by atoms with Gasteiger partial charge in [-0.25, -0.2) is 0 Å². The second kappa shape index (κ2) is 4.28. The van der Waals surface area contributed by atoms with E-state index in [9.17, 15) is 18.0 Å². The van der Waals surface area contributed by atoms with E-state index in [2.05, 4.69) is 5.32 Å². The molecule has 1 aliphatic rings. The van der Waals surface area contributed by atoms with Crippen LogP contribution in [0.3, 0.4) is 0 Å². The number of amides is 1. The van der Waals surface area contributed by atoms with Crippen molar-refractivity contribution in [3.63, 3.8) is 0 Å². The number of aliphatic hydroxyl groups is 1. The maximum atomic E-state index is 12.7. The summed E-state index contributed by atoms with van der Waals surface area (Å²) < 4.78 is 38.1. The Hall–Kier alpha value is -1.56. The van der Waals surface area contributed by atoms with Crippen molar-refractivity contribution in [3.05, 3.63) is 35.4 Å². The van der Waals surface area contributed by atoms with Gasteiger partial charge in [-0.1, -0.05) is 12.1 Å². The van der Waals surface area contributed by atoms with Crippen molar-refractivity contribution in [1.82, 2.24) is 5.32 Å². The van der Waals surface area contributed by atoms with Crippen LogP contribution in [0.25, 0.3) is 0 Å².